The van der Waals surface area contributed by atoms with Gasteiger partial charge in [-0.2, -0.15) is 0 Å². The van der Waals surface area contributed by atoms with Crippen LogP contribution >= 0.6 is 34.7 Å². The third kappa shape index (κ3) is 6.27. The number of halogens is 1. The Hall–Kier alpha value is -1.07. The van der Waals surface area contributed by atoms with Crippen molar-refractivity contribution in [3.8, 4) is 0 Å². The molecule has 0 N–H and O–H groups in total. The zero-order valence-electron chi connectivity index (χ0n) is 15.8. The van der Waals surface area contributed by atoms with Crippen molar-refractivity contribution in [2.45, 2.75) is 31.0 Å². The lowest BCUT2D eigenvalue weighted by Crippen LogP contribution is -2.25. The molecule has 1 aromatic heterocycles. The number of nitrogens with zero attached hydrogens (tertiary/aromatic N) is 2. The SMILES string of the molecule is C=C1CCN(C)CC/C1=c1\sc(SCC)n\c1=C(\C)Cl.c1ccccc1. The molecule has 0 amide bonds. The van der Waals surface area contributed by atoms with Crippen LogP contribution in [0.3, 0.4) is 0 Å². The Morgan fingerprint density at radius 3 is 2.31 bits per heavy atom. The lowest BCUT2D eigenvalue weighted by molar-refractivity contribution is 0.356. The van der Waals surface area contributed by atoms with Crippen LogP contribution in [0.5, 0.6) is 0 Å². The molecule has 2 nitrogen and oxygen atoms in total. The van der Waals surface area contributed by atoms with Gasteiger partial charge in [-0.05, 0) is 43.7 Å². The monoisotopic (exact) mass is 406 g/mol. The molecule has 0 spiro atoms. The second kappa shape index (κ2) is 10.9. The van der Waals surface area contributed by atoms with Gasteiger partial charge in [0, 0.05) is 18.1 Å². The molecule has 1 fully saturated rings. The molecule has 1 saturated heterocycles. The third-order valence-corrected chi connectivity index (χ3v) is 6.43. The molecule has 0 saturated carbocycles. The van der Waals surface area contributed by atoms with Crippen LogP contribution in [-0.2, 0) is 0 Å². The van der Waals surface area contributed by atoms with Gasteiger partial charge < -0.3 is 4.90 Å². The molecule has 0 bridgehead atoms. The normalized spacial score (nSPS) is 18.7. The summed E-state index contributed by atoms with van der Waals surface area (Å²) in [6.07, 6.45) is 2.06. The fourth-order valence-electron chi connectivity index (χ4n) is 2.65. The highest BCUT2D eigenvalue weighted by molar-refractivity contribution is 8.00. The predicted octanol–water partition coefficient (Wildman–Crippen LogP) is 4.74. The van der Waals surface area contributed by atoms with E-state index < -0.39 is 0 Å². The van der Waals surface area contributed by atoms with Gasteiger partial charge in [-0.1, -0.05) is 73.3 Å². The Labute approximate surface area is 170 Å². The second-order valence-electron chi connectivity index (χ2n) is 6.16. The minimum atomic E-state index is 0.775. The van der Waals surface area contributed by atoms with Crippen LogP contribution in [0.4, 0.5) is 0 Å². The molecule has 0 aliphatic carbocycles. The largest absolute Gasteiger partial charge is 0.306 e. The van der Waals surface area contributed by atoms with E-state index in [1.807, 2.05) is 43.3 Å². The Morgan fingerprint density at radius 1 is 1.19 bits per heavy atom. The van der Waals surface area contributed by atoms with Gasteiger partial charge in [0.15, 0.2) is 4.34 Å². The van der Waals surface area contributed by atoms with Gasteiger partial charge in [-0.25, -0.2) is 4.98 Å². The van der Waals surface area contributed by atoms with Crippen molar-refractivity contribution in [1.82, 2.24) is 9.88 Å². The van der Waals surface area contributed by atoms with Gasteiger partial charge >= 0.3 is 0 Å². The molecular weight excluding hydrogens is 380 g/mol. The molecule has 3 rings (SSSR count). The smallest absolute Gasteiger partial charge is 0.151 e. The molecule has 2 aromatic rings. The summed E-state index contributed by atoms with van der Waals surface area (Å²) in [7, 11) is 2.17. The maximum absolute atomic E-state index is 6.26. The van der Waals surface area contributed by atoms with E-state index in [-0.39, 0.29) is 0 Å². The third-order valence-electron chi connectivity index (χ3n) is 4.11. The summed E-state index contributed by atoms with van der Waals surface area (Å²) < 4.78 is 2.34. The molecule has 0 atom stereocenters. The minimum Gasteiger partial charge on any atom is -0.306 e. The molecule has 0 unspecified atom stereocenters. The first-order chi connectivity index (χ1) is 12.5. The van der Waals surface area contributed by atoms with E-state index in [1.165, 1.54) is 15.7 Å². The number of thiazole rings is 1. The minimum absolute atomic E-state index is 0.775. The van der Waals surface area contributed by atoms with E-state index in [0.717, 1.165) is 46.4 Å². The number of benzene rings is 1. The quantitative estimate of drug-likeness (QED) is 0.670. The van der Waals surface area contributed by atoms with Crippen molar-refractivity contribution in [3.05, 3.63) is 58.4 Å². The van der Waals surface area contributed by atoms with Crippen molar-refractivity contribution >= 4 is 45.3 Å². The summed E-state index contributed by atoms with van der Waals surface area (Å²) in [4.78, 5) is 7.05. The van der Waals surface area contributed by atoms with Crippen molar-refractivity contribution in [1.29, 1.82) is 0 Å². The molecule has 2 heterocycles. The number of likely N-dealkylation sites (tertiary alicyclic amines) is 1. The van der Waals surface area contributed by atoms with Crippen LogP contribution in [0, 0.1) is 0 Å². The number of hydrogen-bond acceptors (Lipinski definition) is 4. The van der Waals surface area contributed by atoms with E-state index in [0.29, 0.717) is 0 Å². The average Bonchev–Trinajstić information content (AvgIpc) is 2.98. The van der Waals surface area contributed by atoms with Crippen LogP contribution in [0.25, 0.3) is 10.6 Å². The number of hydrogen-bond donors (Lipinski definition) is 0. The van der Waals surface area contributed by atoms with Crippen LogP contribution in [0.1, 0.15) is 26.7 Å². The molecule has 140 valence electrons. The van der Waals surface area contributed by atoms with E-state index in [9.17, 15) is 0 Å². The molecule has 0 radical (unpaired) electrons. The van der Waals surface area contributed by atoms with E-state index in [1.54, 1.807) is 23.1 Å². The Morgan fingerprint density at radius 2 is 1.77 bits per heavy atom. The lowest BCUT2D eigenvalue weighted by atomic mass is 10.0. The fraction of sp³-hybridized carbons (Fsp3) is 0.381. The highest BCUT2D eigenvalue weighted by atomic mass is 35.5. The summed E-state index contributed by atoms with van der Waals surface area (Å²) in [5.41, 5.74) is 2.59. The topological polar surface area (TPSA) is 16.1 Å². The summed E-state index contributed by atoms with van der Waals surface area (Å²) in [5.74, 6) is 1.03. The van der Waals surface area contributed by atoms with E-state index in [4.69, 9.17) is 16.6 Å². The number of thioether (sulfide) groups is 1. The van der Waals surface area contributed by atoms with Crippen LogP contribution in [0.15, 0.2) is 52.9 Å². The Balaban J connectivity index is 0.000000342. The van der Waals surface area contributed by atoms with E-state index in [2.05, 4.69) is 25.5 Å². The zero-order chi connectivity index (χ0) is 18.9. The van der Waals surface area contributed by atoms with Crippen molar-refractivity contribution < 1.29 is 0 Å². The van der Waals surface area contributed by atoms with Crippen LogP contribution in [-0.4, -0.2) is 35.8 Å². The van der Waals surface area contributed by atoms with Gasteiger partial charge in [0.25, 0.3) is 0 Å². The van der Waals surface area contributed by atoms with Gasteiger partial charge in [0.1, 0.15) is 0 Å². The van der Waals surface area contributed by atoms with Crippen molar-refractivity contribution in [3.63, 3.8) is 0 Å². The summed E-state index contributed by atoms with van der Waals surface area (Å²) >= 11 is 9.80. The maximum Gasteiger partial charge on any atom is 0.151 e. The number of aromatic nitrogens is 1. The molecule has 26 heavy (non-hydrogen) atoms. The maximum atomic E-state index is 6.26. The van der Waals surface area contributed by atoms with E-state index >= 15 is 0 Å². The van der Waals surface area contributed by atoms with Crippen molar-refractivity contribution in [2.24, 2.45) is 0 Å². The van der Waals surface area contributed by atoms with Crippen molar-refractivity contribution in [2.75, 3.05) is 25.9 Å². The molecular formula is C21H27ClN2S2. The molecule has 1 aliphatic rings. The highest BCUT2D eigenvalue weighted by Crippen LogP contribution is 2.23. The van der Waals surface area contributed by atoms with Crippen LogP contribution < -0.4 is 9.88 Å². The molecule has 1 aliphatic heterocycles. The lowest BCUT2D eigenvalue weighted by Gasteiger charge is -2.10. The second-order valence-corrected chi connectivity index (χ2v) is 9.24. The Bertz CT molecular complexity index is 797. The fourth-order valence-corrected chi connectivity index (χ4v) is 5.06. The first-order valence-corrected chi connectivity index (χ1v) is 11.1. The Kier molecular flexibility index (Phi) is 8.93. The summed E-state index contributed by atoms with van der Waals surface area (Å²) in [6.45, 7) is 10.5. The molecule has 5 heteroatoms. The standard InChI is InChI=1S/C15H21ClN2S2.C6H6/c1-5-19-15-17-13(11(3)16)14(20-15)12-7-9-18(4)8-6-10(12)2;1-2-4-6-5-3-1/h2,5-9H2,1,3-4H3;1-6H/b13-11-,14-12+;. The highest BCUT2D eigenvalue weighted by Gasteiger charge is 2.15. The van der Waals surface area contributed by atoms with Gasteiger partial charge in [-0.15, -0.1) is 11.3 Å². The number of rotatable bonds is 2. The zero-order valence-corrected chi connectivity index (χ0v) is 18.2. The van der Waals surface area contributed by atoms with Crippen LogP contribution in [0.2, 0.25) is 0 Å². The van der Waals surface area contributed by atoms with Gasteiger partial charge in [-0.3, -0.25) is 0 Å². The first kappa shape index (κ1) is 21.2. The molecule has 1 aromatic carbocycles. The predicted molar refractivity (Wildman–Crippen MR) is 118 cm³/mol. The summed E-state index contributed by atoms with van der Waals surface area (Å²) in [6, 6.07) is 12.0. The van der Waals surface area contributed by atoms with Gasteiger partial charge in [0.2, 0.25) is 0 Å². The average molecular weight is 407 g/mol. The van der Waals surface area contributed by atoms with Gasteiger partial charge in [0.05, 0.1) is 9.88 Å². The summed E-state index contributed by atoms with van der Waals surface area (Å²) in [5, 5.41) is 1.73. The first-order valence-electron chi connectivity index (χ1n) is 8.88.